The van der Waals surface area contributed by atoms with Gasteiger partial charge in [0.15, 0.2) is 5.96 Å². The molecular weight excluding hydrogens is 368 g/mol. The number of morpholine rings is 2. The number of guanidine groups is 1. The van der Waals surface area contributed by atoms with Crippen molar-refractivity contribution >= 4 is 11.8 Å². The lowest BCUT2D eigenvalue weighted by atomic mass is 10.0. The lowest BCUT2D eigenvalue weighted by Gasteiger charge is -2.37. The highest BCUT2D eigenvalue weighted by Gasteiger charge is 2.24. The third kappa shape index (κ3) is 6.29. The fraction of sp³-hybridized carbons (Fsp3) is 0.714. The molecule has 0 aliphatic carbocycles. The van der Waals surface area contributed by atoms with Crippen LogP contribution in [-0.2, 0) is 16.0 Å². The van der Waals surface area contributed by atoms with Crippen LogP contribution in [0.15, 0.2) is 23.3 Å². The molecule has 0 radical (unpaired) electrons. The predicted molar refractivity (Wildman–Crippen MR) is 116 cm³/mol. The SMILES string of the molecule is CN=C(NCc1cccnc1N1CCOCC1)NCC(C(C)C)N1CCOCC1. The van der Waals surface area contributed by atoms with Gasteiger partial charge in [0.25, 0.3) is 0 Å². The van der Waals surface area contributed by atoms with Crippen LogP contribution in [0.4, 0.5) is 5.82 Å². The van der Waals surface area contributed by atoms with Crippen LogP contribution < -0.4 is 15.5 Å². The van der Waals surface area contributed by atoms with Crippen LogP contribution in [-0.4, -0.2) is 88.1 Å². The third-order valence-corrected chi connectivity index (χ3v) is 5.61. The molecule has 2 fully saturated rings. The highest BCUT2D eigenvalue weighted by atomic mass is 16.5. The van der Waals surface area contributed by atoms with Crippen molar-refractivity contribution < 1.29 is 9.47 Å². The summed E-state index contributed by atoms with van der Waals surface area (Å²) in [7, 11) is 1.82. The normalized spacial score (nSPS) is 20.0. The largest absolute Gasteiger partial charge is 0.379 e. The molecule has 1 unspecified atom stereocenters. The number of nitrogens with one attached hydrogen (secondary N) is 2. The van der Waals surface area contributed by atoms with Crippen molar-refractivity contribution in [2.24, 2.45) is 10.9 Å². The lowest BCUT2D eigenvalue weighted by molar-refractivity contribution is 0.00752. The Bertz CT molecular complexity index is 642. The number of hydrogen-bond donors (Lipinski definition) is 2. The second-order valence-corrected chi connectivity index (χ2v) is 7.85. The molecule has 2 aliphatic heterocycles. The number of pyridine rings is 1. The maximum Gasteiger partial charge on any atom is 0.191 e. The molecule has 8 heteroatoms. The van der Waals surface area contributed by atoms with Gasteiger partial charge in [-0.2, -0.15) is 0 Å². The molecule has 1 atom stereocenters. The molecule has 2 aliphatic rings. The van der Waals surface area contributed by atoms with E-state index in [-0.39, 0.29) is 0 Å². The zero-order chi connectivity index (χ0) is 20.5. The first-order chi connectivity index (χ1) is 14.2. The van der Waals surface area contributed by atoms with Crippen LogP contribution in [0.2, 0.25) is 0 Å². The van der Waals surface area contributed by atoms with E-state index in [1.54, 1.807) is 0 Å². The molecule has 29 heavy (non-hydrogen) atoms. The smallest absolute Gasteiger partial charge is 0.191 e. The Hall–Kier alpha value is -1.90. The van der Waals surface area contributed by atoms with Gasteiger partial charge in [0, 0.05) is 64.1 Å². The standard InChI is InChI=1S/C21H36N6O2/c1-17(2)19(26-7-11-28-12-8-26)16-25-21(22-3)24-15-18-5-4-6-23-20(18)27-9-13-29-14-10-27/h4-6,17,19H,7-16H2,1-3H3,(H2,22,24,25). The van der Waals surface area contributed by atoms with Crippen LogP contribution in [0.3, 0.4) is 0 Å². The Balaban J connectivity index is 1.55. The molecule has 2 saturated heterocycles. The zero-order valence-electron chi connectivity index (χ0n) is 18.1. The Morgan fingerprint density at radius 3 is 2.45 bits per heavy atom. The van der Waals surface area contributed by atoms with Crippen molar-refractivity contribution in [3.05, 3.63) is 23.9 Å². The molecule has 0 saturated carbocycles. The molecule has 0 bridgehead atoms. The Morgan fingerprint density at radius 1 is 1.10 bits per heavy atom. The van der Waals surface area contributed by atoms with Crippen LogP contribution in [0.5, 0.6) is 0 Å². The molecule has 3 rings (SSSR count). The monoisotopic (exact) mass is 404 g/mol. The van der Waals surface area contributed by atoms with Crippen molar-refractivity contribution in [2.75, 3.05) is 71.1 Å². The van der Waals surface area contributed by atoms with Crippen molar-refractivity contribution in [3.63, 3.8) is 0 Å². The summed E-state index contributed by atoms with van der Waals surface area (Å²) in [6.45, 7) is 13.0. The molecule has 0 spiro atoms. The van der Waals surface area contributed by atoms with Crippen molar-refractivity contribution in [1.82, 2.24) is 20.5 Å². The quantitative estimate of drug-likeness (QED) is 0.518. The summed E-state index contributed by atoms with van der Waals surface area (Å²) in [6.07, 6.45) is 1.86. The van der Waals surface area contributed by atoms with Crippen molar-refractivity contribution in [1.29, 1.82) is 0 Å². The molecule has 1 aromatic heterocycles. The van der Waals surface area contributed by atoms with E-state index in [1.165, 1.54) is 5.56 Å². The van der Waals surface area contributed by atoms with Gasteiger partial charge >= 0.3 is 0 Å². The summed E-state index contributed by atoms with van der Waals surface area (Å²) < 4.78 is 11.0. The first-order valence-electron chi connectivity index (χ1n) is 10.7. The number of hydrogen-bond acceptors (Lipinski definition) is 6. The van der Waals surface area contributed by atoms with Gasteiger partial charge in [0.1, 0.15) is 5.82 Å². The molecule has 1 aromatic rings. The van der Waals surface area contributed by atoms with Crippen LogP contribution >= 0.6 is 0 Å². The van der Waals surface area contributed by atoms with E-state index in [0.29, 0.717) is 18.5 Å². The Kier molecular flexibility index (Phi) is 8.52. The topological polar surface area (TPSA) is 74.2 Å². The molecule has 8 nitrogen and oxygen atoms in total. The second-order valence-electron chi connectivity index (χ2n) is 7.85. The summed E-state index contributed by atoms with van der Waals surface area (Å²) in [5.41, 5.74) is 1.17. The Morgan fingerprint density at radius 2 is 1.79 bits per heavy atom. The fourth-order valence-electron chi connectivity index (χ4n) is 3.92. The van der Waals surface area contributed by atoms with Crippen molar-refractivity contribution in [3.8, 4) is 0 Å². The van der Waals surface area contributed by atoms with Gasteiger partial charge in [-0.25, -0.2) is 4.98 Å². The summed E-state index contributed by atoms with van der Waals surface area (Å²) >= 11 is 0. The van der Waals surface area contributed by atoms with Crippen molar-refractivity contribution in [2.45, 2.75) is 26.4 Å². The summed E-state index contributed by atoms with van der Waals surface area (Å²) in [5, 5.41) is 6.98. The molecule has 162 valence electrons. The van der Waals surface area contributed by atoms with E-state index < -0.39 is 0 Å². The zero-order valence-corrected chi connectivity index (χ0v) is 18.1. The molecule has 0 amide bonds. The van der Waals surface area contributed by atoms with Gasteiger partial charge in [0.05, 0.1) is 26.4 Å². The van der Waals surface area contributed by atoms with E-state index in [2.05, 4.69) is 50.3 Å². The minimum Gasteiger partial charge on any atom is -0.379 e. The summed E-state index contributed by atoms with van der Waals surface area (Å²) in [4.78, 5) is 13.9. The van der Waals surface area contributed by atoms with Gasteiger partial charge in [-0.1, -0.05) is 19.9 Å². The number of ether oxygens (including phenoxy) is 2. The van der Waals surface area contributed by atoms with Crippen LogP contribution in [0, 0.1) is 5.92 Å². The highest BCUT2D eigenvalue weighted by molar-refractivity contribution is 5.79. The van der Waals surface area contributed by atoms with E-state index in [1.807, 2.05) is 19.3 Å². The minimum absolute atomic E-state index is 0.458. The van der Waals surface area contributed by atoms with E-state index in [4.69, 9.17) is 9.47 Å². The van der Waals surface area contributed by atoms with E-state index in [9.17, 15) is 0 Å². The maximum atomic E-state index is 5.51. The highest BCUT2D eigenvalue weighted by Crippen LogP contribution is 2.18. The van der Waals surface area contributed by atoms with Gasteiger partial charge in [-0.15, -0.1) is 0 Å². The maximum absolute atomic E-state index is 5.51. The molecule has 3 heterocycles. The predicted octanol–water partition coefficient (Wildman–Crippen LogP) is 0.940. The average Bonchev–Trinajstić information content (AvgIpc) is 2.77. The number of nitrogens with zero attached hydrogens (tertiary/aromatic N) is 4. The lowest BCUT2D eigenvalue weighted by Crippen LogP contribution is -2.52. The minimum atomic E-state index is 0.458. The molecule has 0 aromatic carbocycles. The molecular formula is C21H36N6O2. The number of aromatic nitrogens is 1. The van der Waals surface area contributed by atoms with Crippen LogP contribution in [0.1, 0.15) is 19.4 Å². The van der Waals surface area contributed by atoms with Crippen LogP contribution in [0.25, 0.3) is 0 Å². The molecule has 2 N–H and O–H groups in total. The van der Waals surface area contributed by atoms with E-state index >= 15 is 0 Å². The second kappa shape index (κ2) is 11.3. The number of rotatable bonds is 7. The fourth-order valence-corrected chi connectivity index (χ4v) is 3.92. The van der Waals surface area contributed by atoms with Gasteiger partial charge < -0.3 is 25.0 Å². The van der Waals surface area contributed by atoms with Gasteiger partial charge in [-0.3, -0.25) is 9.89 Å². The first kappa shape index (κ1) is 21.8. The first-order valence-corrected chi connectivity index (χ1v) is 10.7. The van der Waals surface area contributed by atoms with Gasteiger partial charge in [-0.05, 0) is 12.0 Å². The third-order valence-electron chi connectivity index (χ3n) is 5.61. The number of aliphatic imine (C=N–C) groups is 1. The summed E-state index contributed by atoms with van der Waals surface area (Å²) in [5.74, 6) is 2.41. The van der Waals surface area contributed by atoms with E-state index in [0.717, 1.165) is 70.9 Å². The Labute approximate surface area is 174 Å². The average molecular weight is 405 g/mol. The summed E-state index contributed by atoms with van der Waals surface area (Å²) in [6, 6.07) is 4.58. The number of anilines is 1. The van der Waals surface area contributed by atoms with Gasteiger partial charge in [0.2, 0.25) is 0 Å².